The van der Waals surface area contributed by atoms with Crippen LogP contribution in [0.1, 0.15) is 26.7 Å². The Hall–Kier alpha value is -0.220. The van der Waals surface area contributed by atoms with Gasteiger partial charge in [-0.1, -0.05) is 6.92 Å². The van der Waals surface area contributed by atoms with Crippen LogP contribution >= 0.6 is 11.8 Å². The molecular formula is C11H22N2OS. The number of nitrogens with zero attached hydrogens (tertiary/aromatic N) is 1. The van der Waals surface area contributed by atoms with Gasteiger partial charge in [0, 0.05) is 26.1 Å². The third-order valence-corrected chi connectivity index (χ3v) is 3.72. The van der Waals surface area contributed by atoms with Crippen LogP contribution in [0.4, 0.5) is 0 Å². The van der Waals surface area contributed by atoms with Gasteiger partial charge in [0.05, 0.1) is 0 Å². The summed E-state index contributed by atoms with van der Waals surface area (Å²) < 4.78 is 0. The zero-order valence-corrected chi connectivity index (χ0v) is 10.6. The lowest BCUT2D eigenvalue weighted by atomic mass is 10.2. The van der Waals surface area contributed by atoms with Crippen molar-refractivity contribution >= 4 is 17.7 Å². The van der Waals surface area contributed by atoms with Crippen molar-refractivity contribution in [2.24, 2.45) is 0 Å². The zero-order chi connectivity index (χ0) is 11.1. The molecule has 15 heavy (non-hydrogen) atoms. The Morgan fingerprint density at radius 2 is 2.40 bits per heavy atom. The van der Waals surface area contributed by atoms with E-state index in [1.807, 2.05) is 16.7 Å². The summed E-state index contributed by atoms with van der Waals surface area (Å²) >= 11 is 1.99. The fourth-order valence-corrected chi connectivity index (χ4v) is 2.47. The Morgan fingerprint density at radius 3 is 3.00 bits per heavy atom. The third kappa shape index (κ3) is 4.89. The minimum Gasteiger partial charge on any atom is -0.341 e. The second-order valence-electron chi connectivity index (χ2n) is 3.96. The highest BCUT2D eigenvalue weighted by atomic mass is 32.2. The number of hydrogen-bond donors (Lipinski definition) is 1. The summed E-state index contributed by atoms with van der Waals surface area (Å²) in [7, 11) is 0. The molecule has 0 aromatic carbocycles. The smallest absolute Gasteiger partial charge is 0.219 e. The van der Waals surface area contributed by atoms with Crippen LogP contribution in [0.15, 0.2) is 0 Å². The lowest BCUT2D eigenvalue weighted by Crippen LogP contribution is -2.34. The molecule has 1 N–H and O–H groups in total. The summed E-state index contributed by atoms with van der Waals surface area (Å²) in [6.07, 6.45) is 2.34. The van der Waals surface area contributed by atoms with E-state index in [2.05, 4.69) is 12.2 Å². The van der Waals surface area contributed by atoms with Crippen molar-refractivity contribution < 1.29 is 4.79 Å². The molecule has 0 aliphatic carbocycles. The van der Waals surface area contributed by atoms with E-state index < -0.39 is 0 Å². The lowest BCUT2D eigenvalue weighted by molar-refractivity contribution is -0.127. The second kappa shape index (κ2) is 7.12. The SMILES string of the molecule is CCSCCCNC1CCN(C(C)=O)C1. The molecule has 1 atom stereocenters. The van der Waals surface area contributed by atoms with Gasteiger partial charge in [-0.3, -0.25) is 4.79 Å². The van der Waals surface area contributed by atoms with Crippen molar-refractivity contribution in [2.75, 3.05) is 31.1 Å². The first-order valence-electron chi connectivity index (χ1n) is 5.80. The quantitative estimate of drug-likeness (QED) is 0.699. The first kappa shape index (κ1) is 12.8. The molecule has 0 saturated carbocycles. The van der Waals surface area contributed by atoms with Crippen molar-refractivity contribution in [3.05, 3.63) is 0 Å². The molecule has 0 aromatic heterocycles. The fraction of sp³-hybridized carbons (Fsp3) is 0.909. The molecular weight excluding hydrogens is 208 g/mol. The number of carbonyl (C=O) groups excluding carboxylic acids is 1. The Labute approximate surface area is 97.0 Å². The maximum absolute atomic E-state index is 11.1. The summed E-state index contributed by atoms with van der Waals surface area (Å²) in [6, 6.07) is 0.528. The van der Waals surface area contributed by atoms with E-state index >= 15 is 0 Å². The van der Waals surface area contributed by atoms with Gasteiger partial charge < -0.3 is 10.2 Å². The van der Waals surface area contributed by atoms with Gasteiger partial charge >= 0.3 is 0 Å². The van der Waals surface area contributed by atoms with Crippen LogP contribution in [0.2, 0.25) is 0 Å². The first-order valence-corrected chi connectivity index (χ1v) is 6.96. The predicted octanol–water partition coefficient (Wildman–Crippen LogP) is 1.34. The maximum Gasteiger partial charge on any atom is 0.219 e. The van der Waals surface area contributed by atoms with Gasteiger partial charge in [-0.25, -0.2) is 0 Å². The molecule has 1 unspecified atom stereocenters. The van der Waals surface area contributed by atoms with Crippen LogP contribution in [0.5, 0.6) is 0 Å². The summed E-state index contributed by atoms with van der Waals surface area (Å²) in [5, 5.41) is 3.52. The molecule has 1 heterocycles. The molecule has 1 fully saturated rings. The lowest BCUT2D eigenvalue weighted by Gasteiger charge is -2.14. The molecule has 1 amide bonds. The van der Waals surface area contributed by atoms with Crippen LogP contribution in [0.3, 0.4) is 0 Å². The Balaban J connectivity index is 2.01. The van der Waals surface area contributed by atoms with E-state index in [-0.39, 0.29) is 5.91 Å². The van der Waals surface area contributed by atoms with E-state index in [9.17, 15) is 4.79 Å². The minimum absolute atomic E-state index is 0.209. The molecule has 0 radical (unpaired) electrons. The normalized spacial score (nSPS) is 20.9. The average Bonchev–Trinajstić information content (AvgIpc) is 2.66. The number of likely N-dealkylation sites (tertiary alicyclic amines) is 1. The molecule has 1 saturated heterocycles. The van der Waals surface area contributed by atoms with E-state index in [1.54, 1.807) is 6.92 Å². The van der Waals surface area contributed by atoms with Gasteiger partial charge in [0.1, 0.15) is 0 Å². The fourth-order valence-electron chi connectivity index (χ4n) is 1.84. The van der Waals surface area contributed by atoms with Crippen molar-refractivity contribution in [2.45, 2.75) is 32.7 Å². The van der Waals surface area contributed by atoms with E-state index in [1.165, 1.54) is 17.9 Å². The van der Waals surface area contributed by atoms with Crippen LogP contribution in [-0.4, -0.2) is 48.0 Å². The topological polar surface area (TPSA) is 32.3 Å². The van der Waals surface area contributed by atoms with Gasteiger partial charge in [0.2, 0.25) is 5.91 Å². The number of amides is 1. The standard InChI is InChI=1S/C11H22N2OS/c1-3-15-8-4-6-12-11-5-7-13(9-11)10(2)14/h11-12H,3-9H2,1-2H3. The molecule has 0 bridgehead atoms. The van der Waals surface area contributed by atoms with E-state index in [4.69, 9.17) is 0 Å². The highest BCUT2D eigenvalue weighted by molar-refractivity contribution is 7.99. The first-order chi connectivity index (χ1) is 7.24. The minimum atomic E-state index is 0.209. The van der Waals surface area contributed by atoms with E-state index in [0.717, 1.165) is 26.1 Å². The molecule has 4 heteroatoms. The van der Waals surface area contributed by atoms with Gasteiger partial charge in [-0.05, 0) is 30.9 Å². The van der Waals surface area contributed by atoms with Gasteiger partial charge in [0.15, 0.2) is 0 Å². The predicted molar refractivity (Wildman–Crippen MR) is 66.3 cm³/mol. The molecule has 1 rings (SSSR count). The Morgan fingerprint density at radius 1 is 1.60 bits per heavy atom. The molecule has 0 spiro atoms. The van der Waals surface area contributed by atoms with E-state index in [0.29, 0.717) is 6.04 Å². The van der Waals surface area contributed by atoms with Crippen molar-refractivity contribution in [1.29, 1.82) is 0 Å². The number of hydrogen-bond acceptors (Lipinski definition) is 3. The zero-order valence-electron chi connectivity index (χ0n) is 9.79. The highest BCUT2D eigenvalue weighted by Crippen LogP contribution is 2.09. The molecule has 0 aromatic rings. The molecule has 3 nitrogen and oxygen atoms in total. The average molecular weight is 230 g/mol. The van der Waals surface area contributed by atoms with Crippen LogP contribution in [0, 0.1) is 0 Å². The molecule has 88 valence electrons. The Kier molecular flexibility index (Phi) is 6.10. The Bertz CT molecular complexity index is 199. The summed E-state index contributed by atoms with van der Waals surface area (Å²) in [5.74, 6) is 2.66. The van der Waals surface area contributed by atoms with Crippen LogP contribution in [-0.2, 0) is 4.79 Å². The summed E-state index contributed by atoms with van der Waals surface area (Å²) in [6.45, 7) is 6.76. The second-order valence-corrected chi connectivity index (χ2v) is 5.35. The number of thioether (sulfide) groups is 1. The van der Waals surface area contributed by atoms with Crippen LogP contribution in [0.25, 0.3) is 0 Å². The number of carbonyl (C=O) groups is 1. The summed E-state index contributed by atoms with van der Waals surface area (Å²) in [4.78, 5) is 13.0. The van der Waals surface area contributed by atoms with Crippen molar-refractivity contribution in [3.8, 4) is 0 Å². The molecule has 1 aliphatic heterocycles. The highest BCUT2D eigenvalue weighted by Gasteiger charge is 2.22. The van der Waals surface area contributed by atoms with Crippen molar-refractivity contribution in [3.63, 3.8) is 0 Å². The van der Waals surface area contributed by atoms with Gasteiger partial charge in [0.25, 0.3) is 0 Å². The third-order valence-electron chi connectivity index (χ3n) is 2.74. The number of rotatable bonds is 6. The largest absolute Gasteiger partial charge is 0.341 e. The summed E-state index contributed by atoms with van der Waals surface area (Å²) in [5.41, 5.74) is 0. The number of nitrogens with one attached hydrogen (secondary N) is 1. The van der Waals surface area contributed by atoms with Gasteiger partial charge in [-0.2, -0.15) is 11.8 Å². The molecule has 1 aliphatic rings. The monoisotopic (exact) mass is 230 g/mol. The van der Waals surface area contributed by atoms with Crippen molar-refractivity contribution in [1.82, 2.24) is 10.2 Å². The maximum atomic E-state index is 11.1. The van der Waals surface area contributed by atoms with Gasteiger partial charge in [-0.15, -0.1) is 0 Å². The van der Waals surface area contributed by atoms with Crippen LogP contribution < -0.4 is 5.32 Å².